The number of nitrogens with zero attached hydrogens (tertiary/aromatic N) is 1. The first kappa shape index (κ1) is 23.7. The molecule has 1 atom stereocenters. The van der Waals surface area contributed by atoms with Crippen LogP contribution in [0.15, 0.2) is 48.5 Å². The van der Waals surface area contributed by atoms with Gasteiger partial charge in [0.25, 0.3) is 0 Å². The lowest BCUT2D eigenvalue weighted by Gasteiger charge is -2.31. The molecule has 1 unspecified atom stereocenters. The monoisotopic (exact) mass is 430 g/mol. The van der Waals surface area contributed by atoms with Gasteiger partial charge in [0.05, 0.1) is 13.5 Å². The first-order valence-electron chi connectivity index (χ1n) is 10.3. The van der Waals surface area contributed by atoms with Crippen LogP contribution in [0.4, 0.5) is 0 Å². The predicted molar refractivity (Wildman–Crippen MR) is 121 cm³/mol. The van der Waals surface area contributed by atoms with E-state index < -0.39 is 6.04 Å². The van der Waals surface area contributed by atoms with E-state index in [9.17, 15) is 9.59 Å². The van der Waals surface area contributed by atoms with E-state index in [2.05, 4.69) is 5.32 Å². The van der Waals surface area contributed by atoms with Crippen LogP contribution in [0.25, 0.3) is 0 Å². The summed E-state index contributed by atoms with van der Waals surface area (Å²) in [5, 5.41) is 3.56. The van der Waals surface area contributed by atoms with Crippen LogP contribution in [0.5, 0.6) is 5.75 Å². The molecule has 0 aliphatic heterocycles. The van der Waals surface area contributed by atoms with Gasteiger partial charge in [-0.25, -0.2) is 0 Å². The summed E-state index contributed by atoms with van der Waals surface area (Å²) >= 11 is 6.08. The molecule has 0 fully saturated rings. The van der Waals surface area contributed by atoms with Crippen molar-refractivity contribution in [3.8, 4) is 5.75 Å². The van der Waals surface area contributed by atoms with E-state index in [0.29, 0.717) is 30.5 Å². The van der Waals surface area contributed by atoms with E-state index in [-0.39, 0.29) is 18.2 Å². The van der Waals surface area contributed by atoms with Gasteiger partial charge in [-0.05, 0) is 47.7 Å². The van der Waals surface area contributed by atoms with Crippen LogP contribution in [-0.4, -0.2) is 36.4 Å². The van der Waals surface area contributed by atoms with Crippen LogP contribution in [0.2, 0.25) is 5.02 Å². The number of rotatable bonds is 10. The van der Waals surface area contributed by atoms with Crippen LogP contribution < -0.4 is 10.1 Å². The minimum absolute atomic E-state index is 0.111. The highest BCUT2D eigenvalue weighted by atomic mass is 35.5. The second kappa shape index (κ2) is 11.6. The van der Waals surface area contributed by atoms with Crippen molar-refractivity contribution in [2.75, 3.05) is 13.7 Å². The number of halogens is 1. The van der Waals surface area contributed by atoms with Gasteiger partial charge in [-0.2, -0.15) is 0 Å². The Morgan fingerprint density at radius 1 is 1.10 bits per heavy atom. The highest BCUT2D eigenvalue weighted by Gasteiger charge is 2.28. The van der Waals surface area contributed by atoms with Crippen molar-refractivity contribution in [3.05, 3.63) is 64.7 Å². The molecular weight excluding hydrogens is 400 g/mol. The molecule has 0 saturated carbocycles. The molecule has 0 aliphatic carbocycles. The molecule has 0 heterocycles. The number of hydrogen-bond donors (Lipinski definition) is 1. The third-order valence-corrected chi connectivity index (χ3v) is 5.06. The summed E-state index contributed by atoms with van der Waals surface area (Å²) in [7, 11) is 1.61. The summed E-state index contributed by atoms with van der Waals surface area (Å²) in [5.74, 6) is 0.847. The Balaban J connectivity index is 2.26. The van der Waals surface area contributed by atoms with Crippen LogP contribution in [0.1, 0.15) is 38.3 Å². The molecule has 2 aromatic carbocycles. The summed E-state index contributed by atoms with van der Waals surface area (Å²) < 4.78 is 5.22. The Morgan fingerprint density at radius 3 is 2.37 bits per heavy atom. The van der Waals surface area contributed by atoms with Crippen molar-refractivity contribution in [3.63, 3.8) is 0 Å². The maximum atomic E-state index is 13.3. The average molecular weight is 431 g/mol. The number of benzene rings is 2. The van der Waals surface area contributed by atoms with Crippen LogP contribution in [0, 0.1) is 5.92 Å². The van der Waals surface area contributed by atoms with Gasteiger partial charge >= 0.3 is 0 Å². The second-order valence-electron chi connectivity index (χ2n) is 7.74. The van der Waals surface area contributed by atoms with Gasteiger partial charge in [0.2, 0.25) is 11.8 Å². The summed E-state index contributed by atoms with van der Waals surface area (Å²) in [6.45, 7) is 6.93. The topological polar surface area (TPSA) is 58.6 Å². The van der Waals surface area contributed by atoms with Gasteiger partial charge in [-0.1, -0.05) is 56.6 Å². The lowest BCUT2D eigenvalue weighted by atomic mass is 10.1. The van der Waals surface area contributed by atoms with Gasteiger partial charge < -0.3 is 15.0 Å². The number of nitrogens with one attached hydrogen (secondary N) is 1. The van der Waals surface area contributed by atoms with E-state index in [4.69, 9.17) is 16.3 Å². The molecular formula is C24H31ClN2O3. The van der Waals surface area contributed by atoms with Crippen LogP contribution in [0.3, 0.4) is 0 Å². The fraction of sp³-hybridized carbons (Fsp3) is 0.417. The predicted octanol–water partition coefficient (Wildman–Crippen LogP) is 4.47. The fourth-order valence-corrected chi connectivity index (χ4v) is 3.41. The van der Waals surface area contributed by atoms with Crippen molar-refractivity contribution in [1.82, 2.24) is 10.2 Å². The van der Waals surface area contributed by atoms with E-state index in [1.54, 1.807) is 24.1 Å². The number of carbonyl (C=O) groups is 2. The zero-order valence-corrected chi connectivity index (χ0v) is 18.9. The first-order valence-corrected chi connectivity index (χ1v) is 10.7. The Kier molecular flexibility index (Phi) is 9.18. The Hall–Kier alpha value is -2.53. The molecule has 5 nitrogen and oxygen atoms in total. The second-order valence-corrected chi connectivity index (χ2v) is 8.18. The van der Waals surface area contributed by atoms with Crippen molar-refractivity contribution < 1.29 is 14.3 Å². The van der Waals surface area contributed by atoms with Crippen molar-refractivity contribution in [2.45, 2.75) is 46.2 Å². The molecule has 0 saturated heterocycles. The number of ether oxygens (including phenoxy) is 1. The Labute approximate surface area is 184 Å². The molecule has 0 bridgehead atoms. The van der Waals surface area contributed by atoms with Gasteiger partial charge in [0.15, 0.2) is 0 Å². The molecule has 2 aromatic rings. The van der Waals surface area contributed by atoms with E-state index in [1.807, 2.05) is 57.2 Å². The third-order valence-electron chi connectivity index (χ3n) is 4.83. The summed E-state index contributed by atoms with van der Waals surface area (Å²) in [6, 6.07) is 14.2. The molecule has 0 radical (unpaired) electrons. The lowest BCUT2D eigenvalue weighted by molar-refractivity contribution is -0.141. The minimum atomic E-state index is -0.544. The maximum Gasteiger partial charge on any atom is 0.242 e. The van der Waals surface area contributed by atoms with Gasteiger partial charge in [0.1, 0.15) is 11.8 Å². The van der Waals surface area contributed by atoms with Crippen molar-refractivity contribution >= 4 is 23.4 Å². The van der Waals surface area contributed by atoms with E-state index in [0.717, 1.165) is 16.9 Å². The molecule has 6 heteroatoms. The molecule has 0 spiro atoms. The Morgan fingerprint density at radius 2 is 1.80 bits per heavy atom. The summed E-state index contributed by atoms with van der Waals surface area (Å²) in [6.07, 6.45) is 0.714. The highest BCUT2D eigenvalue weighted by molar-refractivity contribution is 6.30. The quantitative estimate of drug-likeness (QED) is 0.605. The van der Waals surface area contributed by atoms with Gasteiger partial charge in [0, 0.05) is 18.1 Å². The SMILES string of the molecule is CCC(C(=O)NCC(C)C)N(Cc1ccc(OC)cc1)C(=O)Cc1cccc(Cl)c1. The zero-order valence-electron chi connectivity index (χ0n) is 18.2. The summed E-state index contributed by atoms with van der Waals surface area (Å²) in [4.78, 5) is 27.8. The normalized spacial score (nSPS) is 11.8. The number of amides is 2. The molecule has 162 valence electrons. The average Bonchev–Trinajstić information content (AvgIpc) is 2.72. The van der Waals surface area contributed by atoms with Gasteiger partial charge in [-0.15, -0.1) is 0 Å². The molecule has 2 rings (SSSR count). The van der Waals surface area contributed by atoms with Crippen molar-refractivity contribution in [2.24, 2.45) is 5.92 Å². The number of methoxy groups -OCH3 is 1. The lowest BCUT2D eigenvalue weighted by Crippen LogP contribution is -2.50. The van der Waals surface area contributed by atoms with Crippen LogP contribution >= 0.6 is 11.6 Å². The molecule has 30 heavy (non-hydrogen) atoms. The molecule has 1 N–H and O–H groups in total. The van der Waals surface area contributed by atoms with Crippen molar-refractivity contribution in [1.29, 1.82) is 0 Å². The molecule has 0 aromatic heterocycles. The zero-order chi connectivity index (χ0) is 22.1. The Bertz CT molecular complexity index is 837. The standard InChI is InChI=1S/C24H31ClN2O3/c1-5-22(24(29)26-15-17(2)3)27(16-18-9-11-21(30-4)12-10-18)23(28)14-19-7-6-8-20(25)13-19/h6-13,17,22H,5,14-16H2,1-4H3,(H,26,29). The molecule has 0 aliphatic rings. The van der Waals surface area contributed by atoms with Crippen LogP contribution in [-0.2, 0) is 22.6 Å². The minimum Gasteiger partial charge on any atom is -0.497 e. The maximum absolute atomic E-state index is 13.3. The third kappa shape index (κ3) is 7.06. The fourth-order valence-electron chi connectivity index (χ4n) is 3.19. The largest absolute Gasteiger partial charge is 0.497 e. The number of carbonyl (C=O) groups excluding carboxylic acids is 2. The van der Waals surface area contributed by atoms with Gasteiger partial charge in [-0.3, -0.25) is 9.59 Å². The summed E-state index contributed by atoms with van der Waals surface area (Å²) in [5.41, 5.74) is 1.76. The first-order chi connectivity index (χ1) is 14.3. The molecule has 2 amide bonds. The smallest absolute Gasteiger partial charge is 0.242 e. The van der Waals surface area contributed by atoms with E-state index in [1.165, 1.54) is 0 Å². The number of hydrogen-bond acceptors (Lipinski definition) is 3. The highest BCUT2D eigenvalue weighted by Crippen LogP contribution is 2.18. The van der Waals surface area contributed by atoms with E-state index >= 15 is 0 Å².